The van der Waals surface area contributed by atoms with Crippen LogP contribution < -0.4 is 0 Å². The van der Waals surface area contributed by atoms with Crippen LogP contribution >= 0.6 is 30.9 Å². The molecule has 0 fully saturated rings. The van der Waals surface area contributed by atoms with Gasteiger partial charge in [0.25, 0.3) is 0 Å². The third-order valence-electron chi connectivity index (χ3n) is 3.25. The fourth-order valence-corrected chi connectivity index (χ4v) is 8.11. The second-order valence-corrected chi connectivity index (χ2v) is 10.9. The van der Waals surface area contributed by atoms with Crippen molar-refractivity contribution in [3.63, 3.8) is 0 Å². The van der Waals surface area contributed by atoms with E-state index in [1.165, 1.54) is 4.90 Å². The van der Waals surface area contributed by atoms with Crippen molar-refractivity contribution in [2.45, 2.75) is 31.3 Å². The van der Waals surface area contributed by atoms with Crippen LogP contribution in [-0.4, -0.2) is 45.6 Å². The van der Waals surface area contributed by atoms with E-state index >= 15 is 0 Å². The first kappa shape index (κ1) is 23.3. The molecule has 9 heteroatoms. The van der Waals surface area contributed by atoms with Gasteiger partial charge in [-0.3, -0.25) is 9.69 Å². The minimum atomic E-state index is -0.653. The summed E-state index contributed by atoms with van der Waals surface area (Å²) in [6.07, 6.45) is -0.541. The maximum atomic E-state index is 12.8. The summed E-state index contributed by atoms with van der Waals surface area (Å²) in [5.41, 5.74) is 0.888. The van der Waals surface area contributed by atoms with Crippen LogP contribution in [0.3, 0.4) is 0 Å². The second-order valence-electron chi connectivity index (χ2n) is 5.05. The summed E-state index contributed by atoms with van der Waals surface area (Å²) in [6, 6.07) is 9.44. The van der Waals surface area contributed by atoms with Gasteiger partial charge in [-0.05, 0) is 31.3 Å². The van der Waals surface area contributed by atoms with Crippen molar-refractivity contribution < 1.29 is 19.1 Å². The zero-order valence-electron chi connectivity index (χ0n) is 15.3. The predicted octanol–water partition coefficient (Wildman–Crippen LogP) is 4.18. The monoisotopic (exact) mass is 435 g/mol. The Hall–Kier alpha value is -0.690. The van der Waals surface area contributed by atoms with E-state index in [-0.39, 0.29) is 19.8 Å². The molecule has 146 valence electrons. The Morgan fingerprint density at radius 2 is 1.73 bits per heavy atom. The normalized spacial score (nSPS) is 11.5. The molecule has 0 spiro atoms. The van der Waals surface area contributed by atoms with Gasteiger partial charge in [0.05, 0.1) is 6.61 Å². The number of thioether (sulfide) groups is 2. The topological polar surface area (TPSA) is 55.8 Å². The molecule has 0 radical (unpaired) electrons. The fraction of sp³-hybridized carbons (Fsp3) is 0.529. The third kappa shape index (κ3) is 7.14. The zero-order valence-corrected chi connectivity index (χ0v) is 18.9. The minimum absolute atomic E-state index is 0.148. The molecule has 1 atom stereocenters. The van der Waals surface area contributed by atoms with E-state index in [9.17, 15) is 9.59 Å². The Bertz CT molecular complexity index is 583. The lowest BCUT2D eigenvalue weighted by Crippen LogP contribution is -2.47. The number of rotatable bonds is 11. The number of amides is 1. The van der Waals surface area contributed by atoms with Gasteiger partial charge in [-0.1, -0.05) is 56.0 Å². The molecule has 5 nitrogen and oxygen atoms in total. The van der Waals surface area contributed by atoms with Crippen molar-refractivity contribution in [1.82, 2.24) is 4.90 Å². The van der Waals surface area contributed by atoms with Crippen LogP contribution in [0.5, 0.6) is 0 Å². The predicted molar refractivity (Wildman–Crippen MR) is 116 cm³/mol. The maximum absolute atomic E-state index is 12.8. The minimum Gasteiger partial charge on any atom is -0.465 e. The first-order valence-electron chi connectivity index (χ1n) is 8.41. The van der Waals surface area contributed by atoms with Gasteiger partial charge in [0.2, 0.25) is 0 Å². The average molecular weight is 436 g/mol. The Balaban J connectivity index is 3.02. The highest BCUT2D eigenvalue weighted by molar-refractivity contribution is 8.27. The van der Waals surface area contributed by atoms with Crippen LogP contribution in [0.2, 0.25) is 0 Å². The van der Waals surface area contributed by atoms with Gasteiger partial charge in [0.1, 0.15) is 13.2 Å². The molecule has 0 saturated carbocycles. The van der Waals surface area contributed by atoms with Crippen molar-refractivity contribution >= 4 is 54.7 Å². The van der Waals surface area contributed by atoms with Crippen molar-refractivity contribution in [2.24, 2.45) is 0 Å². The number of esters is 1. The van der Waals surface area contributed by atoms with E-state index in [2.05, 4.69) is 0 Å². The molecule has 0 aromatic heterocycles. The van der Waals surface area contributed by atoms with Crippen LogP contribution in [0.15, 0.2) is 30.3 Å². The molecule has 0 N–H and O–H groups in total. The third-order valence-corrected chi connectivity index (χ3v) is 10.0. The molecule has 1 amide bonds. The van der Waals surface area contributed by atoms with Crippen LogP contribution in [0.4, 0.5) is 4.79 Å². The number of nitrogens with zero attached hydrogens (tertiary/aromatic N) is 1. The number of carbonyl (C=O) groups excluding carboxylic acids is 2. The zero-order chi connectivity index (χ0) is 19.4. The smallest absolute Gasteiger partial charge is 0.412 e. The van der Waals surface area contributed by atoms with Crippen molar-refractivity contribution in [3.8, 4) is 0 Å². The van der Waals surface area contributed by atoms with Gasteiger partial charge in [-0.2, -0.15) is 0 Å². The number of benzene rings is 1. The quantitative estimate of drug-likeness (QED) is 0.294. The highest BCUT2D eigenvalue weighted by atomic mass is 32.4. The molecule has 0 aliphatic heterocycles. The van der Waals surface area contributed by atoms with E-state index in [0.717, 1.165) is 17.1 Å². The Kier molecular flexibility index (Phi) is 11.4. The maximum Gasteiger partial charge on any atom is 0.412 e. The first-order valence-corrected chi connectivity index (χ1v) is 12.8. The van der Waals surface area contributed by atoms with Crippen LogP contribution in [0, 0.1) is 0 Å². The van der Waals surface area contributed by atoms with Gasteiger partial charge in [-0.25, -0.2) is 4.79 Å². The van der Waals surface area contributed by atoms with Crippen molar-refractivity contribution in [2.75, 3.05) is 24.7 Å². The van der Waals surface area contributed by atoms with E-state index in [4.69, 9.17) is 21.3 Å². The fourth-order valence-electron chi connectivity index (χ4n) is 2.18. The summed E-state index contributed by atoms with van der Waals surface area (Å²) < 4.78 is 9.89. The largest absolute Gasteiger partial charge is 0.465 e. The standard InChI is InChI=1S/C17H26NO4PS3/c1-4-21-15(19)12-18(17(23-24,25-5-2)26-6-3)16(20)22-13-14-10-8-7-9-11-14/h7-11H,4-6,12-13,23H2,1-3H3. The Morgan fingerprint density at radius 1 is 1.12 bits per heavy atom. The molecule has 1 aromatic carbocycles. The molecule has 0 heterocycles. The van der Waals surface area contributed by atoms with E-state index < -0.39 is 23.4 Å². The van der Waals surface area contributed by atoms with Crippen molar-refractivity contribution in [1.29, 1.82) is 0 Å². The second kappa shape index (κ2) is 12.7. The number of ether oxygens (including phenoxy) is 2. The van der Waals surface area contributed by atoms with Gasteiger partial charge in [0, 0.05) is 0 Å². The number of hydrogen-bond donors (Lipinski definition) is 0. The van der Waals surface area contributed by atoms with E-state index in [1.807, 2.05) is 44.2 Å². The summed E-state index contributed by atoms with van der Waals surface area (Å²) in [4.78, 5) is 26.4. The Morgan fingerprint density at radius 3 is 2.23 bits per heavy atom. The molecule has 1 aromatic rings. The summed E-state index contributed by atoms with van der Waals surface area (Å²) in [6.45, 7) is 6.01. The molecule has 1 unspecified atom stereocenters. The van der Waals surface area contributed by atoms with E-state index in [1.54, 1.807) is 30.4 Å². The van der Waals surface area contributed by atoms with Gasteiger partial charge in [0.15, 0.2) is 3.94 Å². The highest BCUT2D eigenvalue weighted by Crippen LogP contribution is 2.49. The molecule has 0 bridgehead atoms. The highest BCUT2D eigenvalue weighted by Gasteiger charge is 2.40. The van der Waals surface area contributed by atoms with Crippen molar-refractivity contribution in [3.05, 3.63) is 35.9 Å². The summed E-state index contributed by atoms with van der Waals surface area (Å²) in [5.74, 6) is 1.11. The molecule has 0 saturated heterocycles. The lowest BCUT2D eigenvalue weighted by atomic mass is 10.2. The molecule has 26 heavy (non-hydrogen) atoms. The van der Waals surface area contributed by atoms with Crippen LogP contribution in [0.25, 0.3) is 0 Å². The lowest BCUT2D eigenvalue weighted by Gasteiger charge is -2.38. The summed E-state index contributed by atoms with van der Waals surface area (Å²) in [7, 11) is -0.548. The van der Waals surface area contributed by atoms with Crippen LogP contribution in [-0.2, 0) is 32.7 Å². The SMILES string of the molecule is CCOC(=O)CN(C(=O)OCc1ccccc1)C([PH2]=S)(SCC)SCC. The first-order chi connectivity index (χ1) is 12.5. The molecule has 1 rings (SSSR count). The van der Waals surface area contributed by atoms with E-state index in [0.29, 0.717) is 0 Å². The lowest BCUT2D eigenvalue weighted by molar-refractivity contribution is -0.144. The van der Waals surface area contributed by atoms with Gasteiger partial charge < -0.3 is 9.47 Å². The average Bonchev–Trinajstić information content (AvgIpc) is 2.65. The summed E-state index contributed by atoms with van der Waals surface area (Å²) in [5, 5.41) is 0. The molecule has 0 aliphatic rings. The molecular formula is C17H26NO4PS3. The van der Waals surface area contributed by atoms with Gasteiger partial charge >= 0.3 is 12.1 Å². The van der Waals surface area contributed by atoms with Gasteiger partial charge in [-0.15, -0.1) is 23.5 Å². The summed E-state index contributed by atoms with van der Waals surface area (Å²) >= 11 is 8.61. The Labute approximate surface area is 170 Å². The molecular weight excluding hydrogens is 409 g/mol. The number of carbonyl (C=O) groups is 2. The van der Waals surface area contributed by atoms with Crippen LogP contribution in [0.1, 0.15) is 26.3 Å². The number of hydrogen-bond acceptors (Lipinski definition) is 7. The molecule has 0 aliphatic carbocycles.